The highest BCUT2D eigenvalue weighted by atomic mass is 16.7. The van der Waals surface area contributed by atoms with Gasteiger partial charge in [-0.2, -0.15) is 4.98 Å². The summed E-state index contributed by atoms with van der Waals surface area (Å²) in [7, 11) is 1.77. The van der Waals surface area contributed by atoms with Crippen molar-refractivity contribution in [2.45, 2.75) is 19.4 Å². The predicted octanol–water partition coefficient (Wildman–Crippen LogP) is 2.45. The molecular formula is C19H18N4O4. The first kappa shape index (κ1) is 17.0. The Bertz CT molecular complexity index is 942. The van der Waals surface area contributed by atoms with Crippen LogP contribution in [0.15, 0.2) is 47.2 Å². The molecule has 1 aliphatic heterocycles. The third kappa shape index (κ3) is 3.89. The van der Waals surface area contributed by atoms with E-state index in [1.165, 1.54) is 0 Å². The molecule has 0 saturated carbocycles. The van der Waals surface area contributed by atoms with Crippen LogP contribution in [0.4, 0.5) is 0 Å². The van der Waals surface area contributed by atoms with Crippen LogP contribution < -0.4 is 9.47 Å². The van der Waals surface area contributed by atoms with Crippen molar-refractivity contribution in [1.82, 2.24) is 20.0 Å². The zero-order valence-electron chi connectivity index (χ0n) is 14.8. The number of carbonyl (C=O) groups is 1. The Labute approximate surface area is 155 Å². The molecule has 8 heteroatoms. The Morgan fingerprint density at radius 3 is 2.81 bits per heavy atom. The third-order valence-corrected chi connectivity index (χ3v) is 4.24. The zero-order valence-corrected chi connectivity index (χ0v) is 14.8. The molecule has 3 heterocycles. The van der Waals surface area contributed by atoms with E-state index in [0.717, 1.165) is 16.9 Å². The van der Waals surface area contributed by atoms with Gasteiger partial charge in [0.2, 0.25) is 24.4 Å². The molecule has 1 aliphatic rings. The lowest BCUT2D eigenvalue weighted by Crippen LogP contribution is -2.26. The van der Waals surface area contributed by atoms with Crippen molar-refractivity contribution in [3.63, 3.8) is 0 Å². The lowest BCUT2D eigenvalue weighted by atomic mass is 10.2. The van der Waals surface area contributed by atoms with Gasteiger partial charge >= 0.3 is 0 Å². The molecule has 1 aromatic carbocycles. The fourth-order valence-electron chi connectivity index (χ4n) is 2.78. The van der Waals surface area contributed by atoms with Crippen LogP contribution in [-0.4, -0.2) is 39.8 Å². The van der Waals surface area contributed by atoms with E-state index in [0.29, 0.717) is 36.9 Å². The maximum Gasteiger partial charge on any atom is 0.231 e. The van der Waals surface area contributed by atoms with Crippen LogP contribution in [0.2, 0.25) is 0 Å². The van der Waals surface area contributed by atoms with Gasteiger partial charge in [-0.25, -0.2) is 0 Å². The second-order valence-corrected chi connectivity index (χ2v) is 6.19. The Morgan fingerprint density at radius 1 is 1.15 bits per heavy atom. The second-order valence-electron chi connectivity index (χ2n) is 6.19. The standard InChI is InChI=1S/C19H18N4O4/c1-23(11-13-2-3-15-16(10-13)26-12-25-15)18(24)5-4-17-21-19(22-27-17)14-6-8-20-9-7-14/h2-3,6-10H,4-5,11-12H2,1H3. The quantitative estimate of drug-likeness (QED) is 0.662. The van der Waals surface area contributed by atoms with Gasteiger partial charge in [-0.3, -0.25) is 9.78 Å². The van der Waals surface area contributed by atoms with Crippen molar-refractivity contribution in [2.24, 2.45) is 0 Å². The van der Waals surface area contributed by atoms with Crippen molar-refractivity contribution < 1.29 is 18.8 Å². The van der Waals surface area contributed by atoms with Crippen molar-refractivity contribution >= 4 is 5.91 Å². The summed E-state index contributed by atoms with van der Waals surface area (Å²) in [6.45, 7) is 0.723. The van der Waals surface area contributed by atoms with Crippen LogP contribution in [0.25, 0.3) is 11.4 Å². The van der Waals surface area contributed by atoms with Crippen molar-refractivity contribution in [3.8, 4) is 22.9 Å². The minimum absolute atomic E-state index is 0.00340. The van der Waals surface area contributed by atoms with Gasteiger partial charge < -0.3 is 18.9 Å². The number of fused-ring (bicyclic) bond motifs is 1. The molecule has 1 amide bonds. The minimum atomic E-state index is -0.00340. The molecule has 8 nitrogen and oxygen atoms in total. The van der Waals surface area contributed by atoms with E-state index in [2.05, 4.69) is 15.1 Å². The average Bonchev–Trinajstić information content (AvgIpc) is 3.35. The number of rotatable bonds is 6. The Balaban J connectivity index is 1.32. The van der Waals surface area contributed by atoms with Crippen molar-refractivity contribution in [2.75, 3.05) is 13.8 Å². The molecule has 0 N–H and O–H groups in total. The summed E-state index contributed by atoms with van der Waals surface area (Å²) in [6.07, 6.45) is 4.02. The maximum absolute atomic E-state index is 12.4. The number of pyridine rings is 1. The number of benzene rings is 1. The topological polar surface area (TPSA) is 90.6 Å². The van der Waals surface area contributed by atoms with Gasteiger partial charge in [0, 0.05) is 44.4 Å². The molecule has 138 valence electrons. The van der Waals surface area contributed by atoms with Crippen molar-refractivity contribution in [1.29, 1.82) is 0 Å². The Morgan fingerprint density at radius 2 is 1.96 bits per heavy atom. The highest BCUT2D eigenvalue weighted by Crippen LogP contribution is 2.32. The summed E-state index contributed by atoms with van der Waals surface area (Å²) in [5, 5.41) is 3.95. The monoisotopic (exact) mass is 366 g/mol. The number of hydrogen-bond acceptors (Lipinski definition) is 7. The van der Waals surface area contributed by atoms with Crippen LogP contribution >= 0.6 is 0 Å². The molecule has 0 bridgehead atoms. The fraction of sp³-hybridized carbons (Fsp3) is 0.263. The van der Waals surface area contributed by atoms with Gasteiger partial charge in [0.25, 0.3) is 0 Å². The predicted molar refractivity (Wildman–Crippen MR) is 94.9 cm³/mol. The minimum Gasteiger partial charge on any atom is -0.454 e. The van der Waals surface area contributed by atoms with E-state index in [4.69, 9.17) is 14.0 Å². The summed E-state index contributed by atoms with van der Waals surface area (Å²) in [5.74, 6) is 2.37. The van der Waals surface area contributed by atoms with Crippen LogP contribution in [0.3, 0.4) is 0 Å². The summed E-state index contributed by atoms with van der Waals surface area (Å²) in [4.78, 5) is 22.4. The van der Waals surface area contributed by atoms with E-state index in [1.54, 1.807) is 36.5 Å². The molecule has 0 atom stereocenters. The highest BCUT2D eigenvalue weighted by molar-refractivity contribution is 5.76. The van der Waals surface area contributed by atoms with Gasteiger partial charge in [-0.05, 0) is 29.8 Å². The van der Waals surface area contributed by atoms with Crippen molar-refractivity contribution in [3.05, 3.63) is 54.2 Å². The van der Waals surface area contributed by atoms with Gasteiger partial charge in [0.1, 0.15) is 0 Å². The summed E-state index contributed by atoms with van der Waals surface area (Å²) in [5.41, 5.74) is 1.80. The van der Waals surface area contributed by atoms with E-state index >= 15 is 0 Å². The molecule has 0 radical (unpaired) electrons. The van der Waals surface area contributed by atoms with E-state index in [9.17, 15) is 4.79 Å². The van der Waals surface area contributed by atoms with Gasteiger partial charge in [-0.15, -0.1) is 0 Å². The lowest BCUT2D eigenvalue weighted by Gasteiger charge is -2.17. The molecule has 4 rings (SSSR count). The SMILES string of the molecule is CN(Cc1ccc2c(c1)OCO2)C(=O)CCc1nc(-c2ccncc2)no1. The van der Waals surface area contributed by atoms with Gasteiger partial charge in [-0.1, -0.05) is 11.2 Å². The van der Waals surface area contributed by atoms with Gasteiger partial charge in [0.15, 0.2) is 11.5 Å². The molecule has 0 unspecified atom stereocenters. The van der Waals surface area contributed by atoms with E-state index < -0.39 is 0 Å². The maximum atomic E-state index is 12.4. The Kier molecular flexibility index (Phi) is 4.69. The summed E-state index contributed by atoms with van der Waals surface area (Å²) >= 11 is 0. The second kappa shape index (κ2) is 7.45. The Hall–Kier alpha value is -3.42. The molecule has 0 saturated heterocycles. The number of carbonyl (C=O) groups excluding carboxylic acids is 1. The first-order valence-electron chi connectivity index (χ1n) is 8.54. The zero-order chi connectivity index (χ0) is 18.6. The third-order valence-electron chi connectivity index (χ3n) is 4.24. The normalized spacial score (nSPS) is 12.2. The van der Waals surface area contributed by atoms with Crippen LogP contribution in [-0.2, 0) is 17.8 Å². The molecule has 0 fully saturated rings. The van der Waals surface area contributed by atoms with Crippen LogP contribution in [0, 0.1) is 0 Å². The molecule has 0 spiro atoms. The lowest BCUT2D eigenvalue weighted by molar-refractivity contribution is -0.130. The van der Waals surface area contributed by atoms with Gasteiger partial charge in [0.05, 0.1) is 0 Å². The number of hydrogen-bond donors (Lipinski definition) is 0. The number of amides is 1. The van der Waals surface area contributed by atoms with Crippen LogP contribution in [0.1, 0.15) is 17.9 Å². The molecule has 0 aliphatic carbocycles. The number of ether oxygens (including phenoxy) is 2. The largest absolute Gasteiger partial charge is 0.454 e. The summed E-state index contributed by atoms with van der Waals surface area (Å²) in [6, 6.07) is 9.29. The first-order chi connectivity index (χ1) is 13.2. The molecule has 2 aromatic heterocycles. The smallest absolute Gasteiger partial charge is 0.231 e. The number of aromatic nitrogens is 3. The molecular weight excluding hydrogens is 348 g/mol. The summed E-state index contributed by atoms with van der Waals surface area (Å²) < 4.78 is 15.9. The van der Waals surface area contributed by atoms with E-state index in [1.807, 2.05) is 18.2 Å². The highest BCUT2D eigenvalue weighted by Gasteiger charge is 2.16. The molecule has 3 aromatic rings. The fourth-order valence-corrected chi connectivity index (χ4v) is 2.78. The first-order valence-corrected chi connectivity index (χ1v) is 8.54. The van der Waals surface area contributed by atoms with Crippen LogP contribution in [0.5, 0.6) is 11.5 Å². The molecule has 27 heavy (non-hydrogen) atoms. The number of nitrogens with zero attached hydrogens (tertiary/aromatic N) is 4. The number of aryl methyl sites for hydroxylation is 1. The average molecular weight is 366 g/mol. The van der Waals surface area contributed by atoms with E-state index in [-0.39, 0.29) is 12.7 Å².